The van der Waals surface area contributed by atoms with Gasteiger partial charge in [0.15, 0.2) is 5.42 Å². The highest BCUT2D eigenvalue weighted by Crippen LogP contribution is 2.23. The van der Waals surface area contributed by atoms with Gasteiger partial charge in [-0.15, -0.1) is 0 Å². The fraction of sp³-hybridized carbons (Fsp3) is 0.0769. The lowest BCUT2D eigenvalue weighted by Crippen LogP contribution is -2.08. The average Bonchev–Trinajstić information content (AvgIpc) is 2.85. The van der Waals surface area contributed by atoms with Crippen molar-refractivity contribution in [3.8, 4) is 0 Å². The maximum atomic E-state index is 5.83. The molecule has 0 fully saturated rings. The lowest BCUT2D eigenvalue weighted by molar-refractivity contribution is 0.503. The Balaban J connectivity index is 2.29. The molecule has 0 aliphatic carbocycles. The van der Waals surface area contributed by atoms with Gasteiger partial charge in [-0.3, -0.25) is 4.99 Å². The molecule has 16 heavy (non-hydrogen) atoms. The lowest BCUT2D eigenvalue weighted by atomic mass is 10.2. The zero-order valence-electron chi connectivity index (χ0n) is 8.47. The Labute approximate surface area is 90.8 Å². The molecule has 0 amide bonds. The molecular weight excluding hydrogens is 200 g/mol. The van der Waals surface area contributed by atoms with E-state index in [1.54, 1.807) is 6.21 Å². The molecule has 0 spiro atoms. The van der Waals surface area contributed by atoms with Gasteiger partial charge in [0, 0.05) is 17.0 Å². The van der Waals surface area contributed by atoms with Crippen LogP contribution in [0.15, 0.2) is 38.7 Å². The van der Waals surface area contributed by atoms with E-state index in [1.807, 2.05) is 30.3 Å². The molecule has 0 N–H and O–H groups in total. The van der Waals surface area contributed by atoms with Gasteiger partial charge in [0.25, 0.3) is 0 Å². The van der Waals surface area contributed by atoms with Crippen LogP contribution in [-0.2, 0) is 6.54 Å². The fourth-order valence-electron chi connectivity index (χ4n) is 2.21. The SMILES string of the molecule is C1=NCc2c3c(oc2=C1)=c1ccccc1=N3. The Morgan fingerprint density at radius 2 is 2.12 bits per heavy atom. The van der Waals surface area contributed by atoms with Crippen LogP contribution in [0.4, 0.5) is 5.69 Å². The monoisotopic (exact) mass is 208 g/mol. The van der Waals surface area contributed by atoms with Crippen molar-refractivity contribution in [3.05, 3.63) is 51.2 Å². The van der Waals surface area contributed by atoms with E-state index in [1.165, 1.54) is 0 Å². The fourth-order valence-corrected chi connectivity index (χ4v) is 2.21. The molecular formula is C13H8N2O. The van der Waals surface area contributed by atoms with Crippen molar-refractivity contribution in [1.82, 2.24) is 0 Å². The minimum Gasteiger partial charge on any atom is -0.454 e. The molecule has 2 aromatic rings. The summed E-state index contributed by atoms with van der Waals surface area (Å²) < 4.78 is 5.83. The van der Waals surface area contributed by atoms with Crippen LogP contribution in [-0.4, -0.2) is 6.21 Å². The number of benzene rings is 1. The molecule has 76 valence electrons. The van der Waals surface area contributed by atoms with Gasteiger partial charge in [0.05, 0.1) is 11.9 Å². The first-order valence-corrected chi connectivity index (χ1v) is 5.23. The van der Waals surface area contributed by atoms with Gasteiger partial charge < -0.3 is 4.42 Å². The summed E-state index contributed by atoms with van der Waals surface area (Å²) in [6, 6.07) is 8.05. The summed E-state index contributed by atoms with van der Waals surface area (Å²) in [7, 11) is 0. The highest BCUT2D eigenvalue weighted by atomic mass is 16.3. The third kappa shape index (κ3) is 0.877. The van der Waals surface area contributed by atoms with Gasteiger partial charge in [0.1, 0.15) is 11.1 Å². The number of nitrogens with zero attached hydrogens (tertiary/aromatic N) is 2. The summed E-state index contributed by atoms with van der Waals surface area (Å²) in [5, 5.41) is 2.08. The van der Waals surface area contributed by atoms with E-state index in [-0.39, 0.29) is 0 Å². The number of hydrogen-bond donors (Lipinski definition) is 0. The van der Waals surface area contributed by atoms with Crippen LogP contribution in [0.3, 0.4) is 0 Å². The second-order valence-corrected chi connectivity index (χ2v) is 3.91. The molecule has 2 aliphatic heterocycles. The zero-order valence-corrected chi connectivity index (χ0v) is 8.47. The quantitative estimate of drug-likeness (QED) is 0.547. The number of aliphatic imine (C=N–C) groups is 1. The molecule has 0 bridgehead atoms. The van der Waals surface area contributed by atoms with Gasteiger partial charge in [0.2, 0.25) is 0 Å². The summed E-state index contributed by atoms with van der Waals surface area (Å²) in [4.78, 5) is 8.83. The van der Waals surface area contributed by atoms with E-state index in [0.29, 0.717) is 6.54 Å². The summed E-state index contributed by atoms with van der Waals surface area (Å²) in [6.07, 6.45) is 3.68. The van der Waals surface area contributed by atoms with Crippen molar-refractivity contribution < 1.29 is 4.42 Å². The van der Waals surface area contributed by atoms with E-state index in [0.717, 1.165) is 32.7 Å². The number of para-hydroxylation sites is 1. The number of furan rings is 1. The van der Waals surface area contributed by atoms with Crippen LogP contribution in [0.25, 0.3) is 6.08 Å². The van der Waals surface area contributed by atoms with E-state index < -0.39 is 0 Å². The van der Waals surface area contributed by atoms with Crippen molar-refractivity contribution >= 4 is 18.0 Å². The third-order valence-electron chi connectivity index (χ3n) is 2.97. The molecule has 0 unspecified atom stereocenters. The topological polar surface area (TPSA) is 37.9 Å². The third-order valence-corrected chi connectivity index (χ3v) is 2.97. The van der Waals surface area contributed by atoms with Crippen LogP contribution >= 0.6 is 0 Å². The predicted octanol–water partition coefficient (Wildman–Crippen LogP) is 1.20. The smallest absolute Gasteiger partial charge is 0.162 e. The van der Waals surface area contributed by atoms with Crippen molar-refractivity contribution in [2.45, 2.75) is 6.54 Å². The molecule has 0 atom stereocenters. The first kappa shape index (κ1) is 8.05. The highest BCUT2D eigenvalue weighted by Gasteiger charge is 2.16. The Hall–Kier alpha value is -2.16. The average molecular weight is 208 g/mol. The van der Waals surface area contributed by atoms with Gasteiger partial charge in [-0.1, -0.05) is 12.1 Å². The van der Waals surface area contributed by atoms with E-state index in [9.17, 15) is 0 Å². The molecule has 1 aromatic heterocycles. The van der Waals surface area contributed by atoms with E-state index in [2.05, 4.69) is 9.98 Å². The molecule has 0 radical (unpaired) electrons. The molecule has 1 aromatic carbocycles. The summed E-state index contributed by atoms with van der Waals surface area (Å²) in [5.41, 5.74) is 3.86. The molecule has 4 rings (SSSR count). The summed E-state index contributed by atoms with van der Waals surface area (Å²) >= 11 is 0. The number of hydrogen-bond acceptors (Lipinski definition) is 3. The van der Waals surface area contributed by atoms with Crippen LogP contribution in [0.5, 0.6) is 0 Å². The van der Waals surface area contributed by atoms with Crippen LogP contribution in [0.2, 0.25) is 0 Å². The van der Waals surface area contributed by atoms with Crippen molar-refractivity contribution in [1.29, 1.82) is 0 Å². The summed E-state index contributed by atoms with van der Waals surface area (Å²) in [6.45, 7) is 0.669. The number of fused-ring (bicyclic) bond motifs is 4. The van der Waals surface area contributed by atoms with Gasteiger partial charge >= 0.3 is 0 Å². The van der Waals surface area contributed by atoms with Crippen molar-refractivity contribution in [2.24, 2.45) is 9.98 Å². The van der Waals surface area contributed by atoms with Crippen molar-refractivity contribution in [2.75, 3.05) is 0 Å². The molecule has 0 saturated heterocycles. The maximum Gasteiger partial charge on any atom is 0.162 e. The first-order valence-electron chi connectivity index (χ1n) is 5.23. The first-order chi connectivity index (χ1) is 7.93. The predicted molar refractivity (Wildman–Crippen MR) is 59.9 cm³/mol. The normalized spacial score (nSPS) is 14.8. The Kier molecular flexibility index (Phi) is 1.36. The second kappa shape index (κ2) is 2.70. The minimum absolute atomic E-state index is 0.669. The largest absolute Gasteiger partial charge is 0.454 e. The molecule has 3 heterocycles. The maximum absolute atomic E-state index is 5.83. The Morgan fingerprint density at radius 3 is 3.12 bits per heavy atom. The van der Waals surface area contributed by atoms with Gasteiger partial charge in [-0.25, -0.2) is 4.99 Å². The standard InChI is InChI=1S/C13H8N2O/c1-2-4-10-8(3-1)13-12(15-10)9-7-14-6-5-11(9)16-13/h1-6H,7H2. The minimum atomic E-state index is 0.669. The Bertz CT molecular complexity index is 828. The second-order valence-electron chi connectivity index (χ2n) is 3.91. The molecule has 3 nitrogen and oxygen atoms in total. The Morgan fingerprint density at radius 1 is 1.19 bits per heavy atom. The van der Waals surface area contributed by atoms with Crippen LogP contribution in [0, 0.1) is 10.6 Å². The molecule has 2 aliphatic rings. The van der Waals surface area contributed by atoms with E-state index in [4.69, 9.17) is 4.42 Å². The van der Waals surface area contributed by atoms with Crippen LogP contribution < -0.4 is 10.8 Å². The van der Waals surface area contributed by atoms with Crippen molar-refractivity contribution in [3.63, 3.8) is 0 Å². The van der Waals surface area contributed by atoms with Gasteiger partial charge in [-0.05, 0) is 18.2 Å². The van der Waals surface area contributed by atoms with Crippen LogP contribution in [0.1, 0.15) is 5.56 Å². The zero-order chi connectivity index (χ0) is 10.5. The summed E-state index contributed by atoms with van der Waals surface area (Å²) in [5.74, 6) is 0. The highest BCUT2D eigenvalue weighted by molar-refractivity contribution is 5.91. The number of rotatable bonds is 0. The lowest BCUT2D eigenvalue weighted by Gasteiger charge is -1.95. The van der Waals surface area contributed by atoms with E-state index >= 15 is 0 Å². The molecule has 0 saturated carbocycles. The molecule has 3 heteroatoms. The van der Waals surface area contributed by atoms with Gasteiger partial charge in [-0.2, -0.15) is 0 Å².